The molecule has 0 aromatic rings. The maximum Gasteiger partial charge on any atom is 0.238 e. The number of hydrogen-bond donors (Lipinski definition) is 0. The fraction of sp³-hybridized carbons (Fsp3) is 1.00. The molecular weight excluding hydrogens is 157 g/mol. The average molecular weight is 174 g/mol. The third-order valence-electron chi connectivity index (χ3n) is 0.776. The number of rotatable bonds is 3. The number of alkyl halides is 3. The zero-order valence-corrected chi connectivity index (χ0v) is 7.25. The molecule has 0 bridgehead atoms. The fourth-order valence-corrected chi connectivity index (χ4v) is 1.08. The molecule has 0 fully saturated rings. The molecular formula is C6H17F3Si. The van der Waals surface area contributed by atoms with Crippen molar-refractivity contribution in [3.05, 3.63) is 0 Å². The molecule has 0 saturated carbocycles. The van der Waals surface area contributed by atoms with Gasteiger partial charge in [0.1, 0.15) is 0 Å². The lowest BCUT2D eigenvalue weighted by molar-refractivity contribution is 0.144. The van der Waals surface area contributed by atoms with Crippen molar-refractivity contribution in [3.8, 4) is 0 Å². The van der Waals surface area contributed by atoms with Gasteiger partial charge in [0.05, 0.1) is 7.18 Å². The second-order valence-electron chi connectivity index (χ2n) is 1.53. The van der Waals surface area contributed by atoms with Crippen LogP contribution in [0.3, 0.4) is 0 Å². The van der Waals surface area contributed by atoms with Crippen molar-refractivity contribution in [2.45, 2.75) is 32.9 Å². The molecule has 66 valence electrons. The van der Waals surface area contributed by atoms with E-state index in [-0.39, 0.29) is 23.4 Å². The Balaban J connectivity index is -0.000000149. The molecule has 0 aromatic heterocycles. The molecule has 0 radical (unpaired) electrons. The van der Waals surface area contributed by atoms with E-state index in [0.717, 1.165) is 6.04 Å². The van der Waals surface area contributed by atoms with Gasteiger partial charge < -0.3 is 0 Å². The van der Waals surface area contributed by atoms with Gasteiger partial charge in [-0.15, -0.1) is 0 Å². The van der Waals surface area contributed by atoms with E-state index in [1.165, 1.54) is 0 Å². The molecule has 0 saturated heterocycles. The van der Waals surface area contributed by atoms with Crippen LogP contribution in [0.25, 0.3) is 0 Å². The lowest BCUT2D eigenvalue weighted by Crippen LogP contribution is -1.90. The number of halogens is 3. The van der Waals surface area contributed by atoms with E-state index in [9.17, 15) is 13.2 Å². The van der Waals surface area contributed by atoms with Gasteiger partial charge in [0.15, 0.2) is 0 Å². The summed E-state index contributed by atoms with van der Waals surface area (Å²) in [6, 6.07) is 0.789. The topological polar surface area (TPSA) is 0 Å². The quantitative estimate of drug-likeness (QED) is 0.577. The van der Waals surface area contributed by atoms with Crippen LogP contribution in [-0.4, -0.2) is 23.1 Å². The summed E-state index contributed by atoms with van der Waals surface area (Å²) in [4.78, 5) is 0. The van der Waals surface area contributed by atoms with Crippen LogP contribution in [0, 0.1) is 0 Å². The highest BCUT2D eigenvalue weighted by Gasteiger charge is 1.97. The van der Waals surface area contributed by atoms with Gasteiger partial charge in [-0.25, -0.2) is 8.78 Å². The van der Waals surface area contributed by atoms with Crippen molar-refractivity contribution in [1.29, 1.82) is 0 Å². The van der Waals surface area contributed by atoms with Crippen LogP contribution < -0.4 is 0 Å². The van der Waals surface area contributed by atoms with Gasteiger partial charge in [0.25, 0.3) is 0 Å². The lowest BCUT2D eigenvalue weighted by atomic mass is 10.5. The van der Waals surface area contributed by atoms with Crippen molar-refractivity contribution in [2.24, 2.45) is 0 Å². The molecule has 0 N–H and O–H groups in total. The van der Waals surface area contributed by atoms with Crippen molar-refractivity contribution < 1.29 is 13.2 Å². The van der Waals surface area contributed by atoms with E-state index in [1.54, 1.807) is 0 Å². The largest absolute Gasteiger partial charge is 0.255 e. The molecule has 10 heavy (non-hydrogen) atoms. The second kappa shape index (κ2) is 16.0. The molecule has 0 aliphatic heterocycles. The van der Waals surface area contributed by atoms with Crippen LogP contribution in [0.2, 0.25) is 12.6 Å². The Morgan fingerprint density at radius 3 is 1.80 bits per heavy atom. The molecule has 0 aromatic carbocycles. The highest BCUT2D eigenvalue weighted by molar-refractivity contribution is 6.33. The first-order chi connectivity index (χ1) is 4.27. The minimum absolute atomic E-state index is 0. The Morgan fingerprint density at radius 2 is 1.70 bits per heavy atom. The second-order valence-corrected chi connectivity index (χ2v) is 3.24. The minimum Gasteiger partial charge on any atom is -0.255 e. The Labute approximate surface area is 63.6 Å². The molecule has 0 spiro atoms. The summed E-state index contributed by atoms with van der Waals surface area (Å²) < 4.78 is 32.0. The molecule has 0 rings (SSSR count). The molecule has 0 amide bonds. The normalized spacial score (nSPS) is 9.00. The third kappa shape index (κ3) is 24.5. The lowest BCUT2D eigenvalue weighted by Gasteiger charge is -1.91. The Bertz CT molecular complexity index is 42.0. The van der Waals surface area contributed by atoms with Crippen molar-refractivity contribution in [3.63, 3.8) is 0 Å². The van der Waals surface area contributed by atoms with Crippen LogP contribution in [0.4, 0.5) is 13.2 Å². The van der Waals surface area contributed by atoms with Gasteiger partial charge in [-0.2, -0.15) is 0 Å². The van der Waals surface area contributed by atoms with Crippen molar-refractivity contribution in [1.82, 2.24) is 0 Å². The Hall–Kier alpha value is 0.00688. The Morgan fingerprint density at radius 1 is 1.30 bits per heavy atom. The van der Waals surface area contributed by atoms with E-state index >= 15 is 0 Å². The van der Waals surface area contributed by atoms with E-state index < -0.39 is 6.43 Å². The number of hydrogen-bond acceptors (Lipinski definition) is 0. The third-order valence-corrected chi connectivity index (χ3v) is 1.89. The molecule has 0 aliphatic carbocycles. The van der Waals surface area contributed by atoms with Gasteiger partial charge in [-0.1, -0.05) is 20.0 Å². The molecule has 0 aliphatic rings. The molecule has 4 heteroatoms. The molecule has 0 nitrogen and oxygen atoms in total. The molecule has 0 atom stereocenters. The van der Waals surface area contributed by atoms with Crippen LogP contribution >= 0.6 is 0 Å². The van der Waals surface area contributed by atoms with Gasteiger partial charge in [0, 0.05) is 15.9 Å². The van der Waals surface area contributed by atoms with Gasteiger partial charge in [-0.05, 0) is 0 Å². The van der Waals surface area contributed by atoms with Gasteiger partial charge in [-0.3, -0.25) is 4.39 Å². The summed E-state index contributed by atoms with van der Waals surface area (Å²) in [6.07, 6.45) is -1.93. The fourth-order valence-electron chi connectivity index (χ4n) is 0.358. The van der Waals surface area contributed by atoms with Crippen molar-refractivity contribution >= 4 is 9.52 Å². The summed E-state index contributed by atoms with van der Waals surface area (Å²) in [5.41, 5.74) is 0. The molecule has 0 unspecified atom stereocenters. The van der Waals surface area contributed by atoms with Crippen LogP contribution in [-0.2, 0) is 0 Å². The SMILES string of the molecule is C.CF.C[SiH2]CCC(F)F. The average Bonchev–Trinajstić information content (AvgIpc) is 1.88. The van der Waals surface area contributed by atoms with Crippen LogP contribution in [0.15, 0.2) is 0 Å². The summed E-state index contributed by atoms with van der Waals surface area (Å²) in [6.45, 7) is 2.04. The predicted molar refractivity (Wildman–Crippen MR) is 43.6 cm³/mol. The van der Waals surface area contributed by atoms with E-state index in [1.807, 2.05) is 6.55 Å². The first-order valence-electron chi connectivity index (χ1n) is 2.93. The van der Waals surface area contributed by atoms with E-state index in [2.05, 4.69) is 0 Å². The van der Waals surface area contributed by atoms with Crippen LogP contribution in [0.5, 0.6) is 0 Å². The first kappa shape index (κ1) is 16.5. The highest BCUT2D eigenvalue weighted by Crippen LogP contribution is 2.01. The summed E-state index contributed by atoms with van der Waals surface area (Å²) in [5.74, 6) is 0. The van der Waals surface area contributed by atoms with Gasteiger partial charge in [0.2, 0.25) is 6.43 Å². The van der Waals surface area contributed by atoms with E-state index in [0.29, 0.717) is 7.18 Å². The highest BCUT2D eigenvalue weighted by atomic mass is 28.2. The Kier molecular flexibility index (Phi) is 26.5. The first-order valence-corrected chi connectivity index (χ1v) is 5.34. The monoisotopic (exact) mass is 174 g/mol. The standard InChI is InChI=1S/C4H10F2Si.CH3F.CH4/c1-7-3-2-4(5)6;1-2;/h4H,2-3,7H2,1H3;1H3;1H4. The smallest absolute Gasteiger partial charge is 0.238 e. The molecule has 0 heterocycles. The van der Waals surface area contributed by atoms with Crippen molar-refractivity contribution in [2.75, 3.05) is 7.18 Å². The maximum atomic E-state index is 11.2. The summed E-state index contributed by atoms with van der Waals surface area (Å²) >= 11 is 0. The zero-order chi connectivity index (χ0) is 7.70. The summed E-state index contributed by atoms with van der Waals surface area (Å²) in [7, 11) is 0.391. The van der Waals surface area contributed by atoms with Crippen LogP contribution in [0.1, 0.15) is 13.8 Å². The minimum atomic E-state index is -2.06. The van der Waals surface area contributed by atoms with Gasteiger partial charge >= 0.3 is 0 Å². The summed E-state index contributed by atoms with van der Waals surface area (Å²) in [5, 5.41) is 0. The maximum absolute atomic E-state index is 11.2. The predicted octanol–water partition coefficient (Wildman–Crippen LogP) is 2.50. The van der Waals surface area contributed by atoms with E-state index in [4.69, 9.17) is 0 Å². The zero-order valence-electron chi connectivity index (χ0n) is 5.83.